The topological polar surface area (TPSA) is 53.4 Å². The third kappa shape index (κ3) is 4.59. The van der Waals surface area contributed by atoms with Crippen molar-refractivity contribution in [3.63, 3.8) is 0 Å². The molecule has 0 atom stereocenters. The highest BCUT2D eigenvalue weighted by atomic mass is 32.2. The fourth-order valence-corrected chi connectivity index (χ4v) is 6.57. The van der Waals surface area contributed by atoms with Gasteiger partial charge in [0, 0.05) is 16.7 Å². The van der Waals surface area contributed by atoms with E-state index in [0.29, 0.717) is 23.3 Å². The first-order valence-corrected chi connectivity index (χ1v) is 13.5. The van der Waals surface area contributed by atoms with Crippen LogP contribution in [0.5, 0.6) is 11.5 Å². The molecule has 5 nitrogen and oxygen atoms in total. The fourth-order valence-electron chi connectivity index (χ4n) is 4.44. The van der Waals surface area contributed by atoms with Gasteiger partial charge in [0.2, 0.25) is 0 Å². The van der Waals surface area contributed by atoms with Gasteiger partial charge in [0.25, 0.3) is 5.56 Å². The van der Waals surface area contributed by atoms with E-state index in [1.807, 2.05) is 55.5 Å². The molecule has 0 N–H and O–H groups in total. The van der Waals surface area contributed by atoms with Crippen LogP contribution in [0.3, 0.4) is 0 Å². The van der Waals surface area contributed by atoms with E-state index in [0.717, 1.165) is 46.5 Å². The number of thiophene rings is 1. The number of thioether (sulfide) groups is 1. The molecule has 1 aliphatic carbocycles. The van der Waals surface area contributed by atoms with E-state index in [9.17, 15) is 4.79 Å². The van der Waals surface area contributed by atoms with Crippen molar-refractivity contribution in [3.05, 3.63) is 74.9 Å². The van der Waals surface area contributed by atoms with Crippen molar-refractivity contribution in [2.24, 2.45) is 0 Å². The molecule has 7 heteroatoms. The van der Waals surface area contributed by atoms with Crippen molar-refractivity contribution in [1.29, 1.82) is 0 Å². The van der Waals surface area contributed by atoms with Crippen LogP contribution in [-0.2, 0) is 12.8 Å². The SMILES string of the molecule is COc1cccc(-n2c(SCCOc3ccccc3C)nc3sc4c(c3c2=O)CCCCC4)c1. The molecule has 0 unspecified atom stereocenters. The van der Waals surface area contributed by atoms with Crippen LogP contribution in [0.15, 0.2) is 58.5 Å². The van der Waals surface area contributed by atoms with Gasteiger partial charge >= 0.3 is 0 Å². The number of nitrogens with zero attached hydrogens (tertiary/aromatic N) is 2. The van der Waals surface area contributed by atoms with Gasteiger partial charge in [-0.15, -0.1) is 11.3 Å². The first kappa shape index (κ1) is 23.0. The maximum atomic E-state index is 13.9. The molecular formula is C27H28N2O3S2. The number of hydrogen-bond donors (Lipinski definition) is 0. The number of aryl methyl sites for hydroxylation is 3. The van der Waals surface area contributed by atoms with E-state index in [-0.39, 0.29) is 5.56 Å². The monoisotopic (exact) mass is 492 g/mol. The number of hydrogen-bond acceptors (Lipinski definition) is 6. The summed E-state index contributed by atoms with van der Waals surface area (Å²) in [4.78, 5) is 21.1. The third-order valence-corrected chi connectivity index (χ3v) is 8.27. The highest BCUT2D eigenvalue weighted by Gasteiger charge is 2.22. The fraction of sp³-hybridized carbons (Fsp3) is 0.333. The molecule has 0 saturated carbocycles. The average molecular weight is 493 g/mol. The predicted octanol–water partition coefficient (Wildman–Crippen LogP) is 6.20. The summed E-state index contributed by atoms with van der Waals surface area (Å²) in [6, 6.07) is 15.6. The standard InChI is InChI=1S/C27H28N2O3S2/c1-18-9-6-7-13-22(18)32-15-16-33-27-28-25-24(21-12-4-3-5-14-23(21)34-25)26(30)29(27)19-10-8-11-20(17-19)31-2/h6-11,13,17H,3-5,12,14-16H2,1-2H3. The molecule has 2 heterocycles. The summed E-state index contributed by atoms with van der Waals surface area (Å²) >= 11 is 3.25. The molecule has 4 aromatic rings. The quantitative estimate of drug-likeness (QED) is 0.133. The Morgan fingerprint density at radius 2 is 1.94 bits per heavy atom. The van der Waals surface area contributed by atoms with Crippen LogP contribution in [-0.4, -0.2) is 29.0 Å². The number of fused-ring (bicyclic) bond motifs is 3. The summed E-state index contributed by atoms with van der Waals surface area (Å²) in [5.74, 6) is 2.28. The molecule has 0 bridgehead atoms. The van der Waals surface area contributed by atoms with Gasteiger partial charge in [0.05, 0.1) is 24.8 Å². The minimum Gasteiger partial charge on any atom is -0.497 e. The van der Waals surface area contributed by atoms with Gasteiger partial charge in [-0.2, -0.15) is 0 Å². The second-order valence-corrected chi connectivity index (χ2v) is 10.6. The van der Waals surface area contributed by atoms with Gasteiger partial charge in [-0.1, -0.05) is 42.4 Å². The lowest BCUT2D eigenvalue weighted by Gasteiger charge is -2.14. The Morgan fingerprint density at radius 3 is 2.79 bits per heavy atom. The second kappa shape index (κ2) is 10.2. The molecule has 0 saturated heterocycles. The Balaban J connectivity index is 1.52. The first-order chi connectivity index (χ1) is 16.7. The van der Waals surface area contributed by atoms with E-state index >= 15 is 0 Å². The molecule has 0 radical (unpaired) electrons. The van der Waals surface area contributed by atoms with Crippen LogP contribution in [0.25, 0.3) is 15.9 Å². The van der Waals surface area contributed by atoms with E-state index < -0.39 is 0 Å². The number of methoxy groups -OCH3 is 1. The molecule has 5 rings (SSSR count). The molecular weight excluding hydrogens is 464 g/mol. The summed E-state index contributed by atoms with van der Waals surface area (Å²) < 4.78 is 13.2. The van der Waals surface area contributed by atoms with Crippen molar-refractivity contribution in [2.75, 3.05) is 19.5 Å². The van der Waals surface area contributed by atoms with Gasteiger partial charge in [0.1, 0.15) is 16.3 Å². The summed E-state index contributed by atoms with van der Waals surface area (Å²) in [5, 5.41) is 1.49. The lowest BCUT2D eigenvalue weighted by Crippen LogP contribution is -2.22. The molecule has 0 aliphatic heterocycles. The minimum absolute atomic E-state index is 0.0139. The smallest absolute Gasteiger partial charge is 0.267 e. The van der Waals surface area contributed by atoms with Gasteiger partial charge in [-0.25, -0.2) is 4.98 Å². The second-order valence-electron chi connectivity index (χ2n) is 8.44. The molecule has 34 heavy (non-hydrogen) atoms. The average Bonchev–Trinajstić information content (AvgIpc) is 3.04. The third-order valence-electron chi connectivity index (χ3n) is 6.19. The lowest BCUT2D eigenvalue weighted by molar-refractivity contribution is 0.341. The van der Waals surface area contributed by atoms with Gasteiger partial charge in [-0.05, 0) is 61.9 Å². The van der Waals surface area contributed by atoms with Crippen molar-refractivity contribution >= 4 is 33.3 Å². The molecule has 0 amide bonds. The highest BCUT2D eigenvalue weighted by Crippen LogP contribution is 2.35. The molecule has 0 spiro atoms. The normalized spacial score (nSPS) is 13.5. The highest BCUT2D eigenvalue weighted by molar-refractivity contribution is 7.99. The number of para-hydroxylation sites is 1. The Kier molecular flexibility index (Phi) is 6.92. The number of ether oxygens (including phenoxy) is 2. The Labute approximate surface area is 207 Å². The van der Waals surface area contributed by atoms with Crippen LogP contribution in [0, 0.1) is 6.92 Å². The number of benzene rings is 2. The number of rotatable bonds is 7. The first-order valence-electron chi connectivity index (χ1n) is 11.7. The zero-order valence-electron chi connectivity index (χ0n) is 19.5. The molecule has 2 aromatic heterocycles. The zero-order chi connectivity index (χ0) is 23.5. The van der Waals surface area contributed by atoms with Crippen LogP contribution in [0.1, 0.15) is 35.3 Å². The van der Waals surface area contributed by atoms with Crippen molar-refractivity contribution in [3.8, 4) is 17.2 Å². The molecule has 0 fully saturated rings. The van der Waals surface area contributed by atoms with Crippen LogP contribution in [0.4, 0.5) is 0 Å². The van der Waals surface area contributed by atoms with E-state index in [4.69, 9.17) is 14.5 Å². The van der Waals surface area contributed by atoms with Gasteiger partial charge in [0.15, 0.2) is 5.16 Å². The van der Waals surface area contributed by atoms with Gasteiger partial charge < -0.3 is 9.47 Å². The molecule has 1 aliphatic rings. The Hall–Kier alpha value is -2.77. The van der Waals surface area contributed by atoms with Crippen molar-refractivity contribution < 1.29 is 9.47 Å². The number of aromatic nitrogens is 2. The van der Waals surface area contributed by atoms with Crippen molar-refractivity contribution in [1.82, 2.24) is 9.55 Å². The van der Waals surface area contributed by atoms with E-state index in [1.165, 1.54) is 23.3 Å². The Morgan fingerprint density at radius 1 is 1.09 bits per heavy atom. The molecule has 176 valence electrons. The van der Waals surface area contributed by atoms with Crippen molar-refractivity contribution in [2.45, 2.75) is 44.2 Å². The van der Waals surface area contributed by atoms with Crippen LogP contribution >= 0.6 is 23.1 Å². The maximum Gasteiger partial charge on any atom is 0.267 e. The van der Waals surface area contributed by atoms with Crippen LogP contribution in [0.2, 0.25) is 0 Å². The summed E-state index contributed by atoms with van der Waals surface area (Å²) in [6.07, 6.45) is 5.53. The van der Waals surface area contributed by atoms with Gasteiger partial charge in [-0.3, -0.25) is 9.36 Å². The van der Waals surface area contributed by atoms with E-state index in [2.05, 4.69) is 0 Å². The maximum absolute atomic E-state index is 13.9. The lowest BCUT2D eigenvalue weighted by atomic mass is 10.1. The summed E-state index contributed by atoms with van der Waals surface area (Å²) in [7, 11) is 1.64. The summed E-state index contributed by atoms with van der Waals surface area (Å²) in [5.41, 5.74) is 3.11. The predicted molar refractivity (Wildman–Crippen MR) is 140 cm³/mol. The minimum atomic E-state index is 0.0139. The van der Waals surface area contributed by atoms with E-state index in [1.54, 1.807) is 34.8 Å². The van der Waals surface area contributed by atoms with Crippen LogP contribution < -0.4 is 15.0 Å². The summed E-state index contributed by atoms with van der Waals surface area (Å²) in [6.45, 7) is 2.57. The molecule has 2 aromatic carbocycles. The Bertz CT molecular complexity index is 1380. The zero-order valence-corrected chi connectivity index (χ0v) is 21.1. The largest absolute Gasteiger partial charge is 0.497 e.